The summed E-state index contributed by atoms with van der Waals surface area (Å²) in [5.41, 5.74) is 0. The molecule has 2 nitrogen and oxygen atoms in total. The highest BCUT2D eigenvalue weighted by Crippen LogP contribution is 2.20. The van der Waals surface area contributed by atoms with E-state index in [-0.39, 0.29) is 6.29 Å². The van der Waals surface area contributed by atoms with Crippen LogP contribution in [0.5, 0.6) is 0 Å². The largest absolute Gasteiger partial charge is 0.353 e. The van der Waals surface area contributed by atoms with Gasteiger partial charge in [0.1, 0.15) is 0 Å². The zero-order valence-electron chi connectivity index (χ0n) is 11.6. The van der Waals surface area contributed by atoms with E-state index in [4.69, 9.17) is 9.47 Å². The van der Waals surface area contributed by atoms with Crippen molar-refractivity contribution < 1.29 is 9.47 Å². The van der Waals surface area contributed by atoms with Gasteiger partial charge in [-0.25, -0.2) is 0 Å². The molecule has 1 atom stereocenters. The van der Waals surface area contributed by atoms with Crippen molar-refractivity contribution in [2.45, 2.75) is 72.5 Å². The number of hydrogen-bond acceptors (Lipinski definition) is 2. The van der Waals surface area contributed by atoms with Crippen LogP contribution in [-0.2, 0) is 9.47 Å². The smallest absolute Gasteiger partial charge is 0.157 e. The first kappa shape index (κ1) is 15.9. The molecule has 0 amide bonds. The van der Waals surface area contributed by atoms with E-state index < -0.39 is 0 Å². The molecule has 0 bridgehead atoms. The maximum Gasteiger partial charge on any atom is 0.157 e. The van der Waals surface area contributed by atoms with E-state index in [0.29, 0.717) is 0 Å². The average Bonchev–Trinajstić information content (AvgIpc) is 2.30. The Kier molecular flexibility index (Phi) is 11.3. The van der Waals surface area contributed by atoms with Crippen LogP contribution >= 0.6 is 0 Å². The van der Waals surface area contributed by atoms with Crippen molar-refractivity contribution in [3.8, 4) is 0 Å². The van der Waals surface area contributed by atoms with Crippen molar-refractivity contribution in [3.05, 3.63) is 0 Å². The molecular weight excluding hydrogens is 200 g/mol. The molecule has 0 aliphatic heterocycles. The molecule has 0 saturated carbocycles. The monoisotopic (exact) mass is 230 g/mol. The molecule has 0 radical (unpaired) electrons. The first-order valence-electron chi connectivity index (χ1n) is 7.01. The Morgan fingerprint density at radius 1 is 0.812 bits per heavy atom. The van der Waals surface area contributed by atoms with Crippen LogP contribution in [0, 0.1) is 5.92 Å². The Bertz CT molecular complexity index is 131. The lowest BCUT2D eigenvalue weighted by molar-refractivity contribution is -0.141. The van der Waals surface area contributed by atoms with E-state index in [9.17, 15) is 0 Å². The molecule has 2 heteroatoms. The van der Waals surface area contributed by atoms with Gasteiger partial charge in [-0.2, -0.15) is 0 Å². The zero-order chi connectivity index (χ0) is 12.2. The van der Waals surface area contributed by atoms with Gasteiger partial charge in [0.15, 0.2) is 6.29 Å². The molecule has 0 aromatic carbocycles. The van der Waals surface area contributed by atoms with Crippen LogP contribution in [0.1, 0.15) is 66.2 Å². The van der Waals surface area contributed by atoms with Gasteiger partial charge < -0.3 is 9.47 Å². The quantitative estimate of drug-likeness (QED) is 0.490. The standard InChI is InChI=1S/C14H30O2/c1-5-9-10-13(6-2)11-12-14(15-7-3)16-8-4/h13-14H,5-12H2,1-4H3. The van der Waals surface area contributed by atoms with Gasteiger partial charge in [-0.15, -0.1) is 0 Å². The molecule has 98 valence electrons. The van der Waals surface area contributed by atoms with Crippen molar-refractivity contribution in [1.82, 2.24) is 0 Å². The highest BCUT2D eigenvalue weighted by Gasteiger charge is 2.12. The molecule has 16 heavy (non-hydrogen) atoms. The van der Waals surface area contributed by atoms with Gasteiger partial charge in [-0.1, -0.05) is 39.5 Å². The molecule has 0 aliphatic carbocycles. The zero-order valence-corrected chi connectivity index (χ0v) is 11.6. The van der Waals surface area contributed by atoms with E-state index in [1.165, 1.54) is 32.1 Å². The Labute approximate surface area is 102 Å². The van der Waals surface area contributed by atoms with E-state index in [1.54, 1.807) is 0 Å². The van der Waals surface area contributed by atoms with Crippen LogP contribution in [0.15, 0.2) is 0 Å². The minimum atomic E-state index is 0.0191. The summed E-state index contributed by atoms with van der Waals surface area (Å²) in [6, 6.07) is 0. The lowest BCUT2D eigenvalue weighted by atomic mass is 9.94. The van der Waals surface area contributed by atoms with E-state index >= 15 is 0 Å². The second-order valence-electron chi connectivity index (χ2n) is 4.33. The highest BCUT2D eigenvalue weighted by atomic mass is 16.7. The van der Waals surface area contributed by atoms with Gasteiger partial charge >= 0.3 is 0 Å². The predicted octanol–water partition coefficient (Wildman–Crippen LogP) is 4.38. The highest BCUT2D eigenvalue weighted by molar-refractivity contribution is 4.59. The molecule has 0 aromatic rings. The van der Waals surface area contributed by atoms with Crippen molar-refractivity contribution in [3.63, 3.8) is 0 Å². The number of rotatable bonds is 11. The maximum absolute atomic E-state index is 5.56. The van der Waals surface area contributed by atoms with Crippen molar-refractivity contribution in [2.75, 3.05) is 13.2 Å². The maximum atomic E-state index is 5.56. The van der Waals surface area contributed by atoms with Gasteiger partial charge in [-0.3, -0.25) is 0 Å². The van der Waals surface area contributed by atoms with E-state index in [0.717, 1.165) is 25.6 Å². The van der Waals surface area contributed by atoms with Crippen molar-refractivity contribution in [1.29, 1.82) is 0 Å². The lowest BCUT2D eigenvalue weighted by Crippen LogP contribution is -2.18. The van der Waals surface area contributed by atoms with Gasteiger partial charge in [0, 0.05) is 13.2 Å². The Morgan fingerprint density at radius 3 is 1.88 bits per heavy atom. The summed E-state index contributed by atoms with van der Waals surface area (Å²) in [4.78, 5) is 0. The summed E-state index contributed by atoms with van der Waals surface area (Å²) in [6.07, 6.45) is 7.60. The summed E-state index contributed by atoms with van der Waals surface area (Å²) in [7, 11) is 0. The third-order valence-corrected chi connectivity index (χ3v) is 3.06. The van der Waals surface area contributed by atoms with Gasteiger partial charge in [-0.05, 0) is 32.6 Å². The Balaban J connectivity index is 3.76. The minimum Gasteiger partial charge on any atom is -0.353 e. The predicted molar refractivity (Wildman–Crippen MR) is 69.6 cm³/mol. The molecule has 1 unspecified atom stereocenters. The van der Waals surface area contributed by atoms with Gasteiger partial charge in [0.25, 0.3) is 0 Å². The van der Waals surface area contributed by atoms with Crippen molar-refractivity contribution in [2.24, 2.45) is 5.92 Å². The number of hydrogen-bond donors (Lipinski definition) is 0. The van der Waals surface area contributed by atoms with Crippen molar-refractivity contribution >= 4 is 0 Å². The van der Waals surface area contributed by atoms with Gasteiger partial charge in [0.05, 0.1) is 0 Å². The normalized spacial score (nSPS) is 13.3. The molecule has 0 N–H and O–H groups in total. The van der Waals surface area contributed by atoms with Crippen LogP contribution in [0.3, 0.4) is 0 Å². The second-order valence-corrected chi connectivity index (χ2v) is 4.33. The Hall–Kier alpha value is -0.0800. The van der Waals surface area contributed by atoms with Crippen LogP contribution in [0.2, 0.25) is 0 Å². The van der Waals surface area contributed by atoms with E-state index in [2.05, 4.69) is 13.8 Å². The van der Waals surface area contributed by atoms with Crippen LogP contribution in [-0.4, -0.2) is 19.5 Å². The first-order chi connectivity index (χ1) is 7.78. The molecular formula is C14H30O2. The summed E-state index contributed by atoms with van der Waals surface area (Å²) >= 11 is 0. The average molecular weight is 230 g/mol. The summed E-state index contributed by atoms with van der Waals surface area (Å²) in [5, 5.41) is 0. The molecule has 0 fully saturated rings. The Morgan fingerprint density at radius 2 is 1.44 bits per heavy atom. The summed E-state index contributed by atoms with van der Waals surface area (Å²) < 4.78 is 11.1. The lowest BCUT2D eigenvalue weighted by Gasteiger charge is -2.20. The molecule has 0 heterocycles. The molecule has 0 spiro atoms. The fourth-order valence-corrected chi connectivity index (χ4v) is 2.00. The fourth-order valence-electron chi connectivity index (χ4n) is 2.00. The fraction of sp³-hybridized carbons (Fsp3) is 1.00. The van der Waals surface area contributed by atoms with Crippen LogP contribution in [0.25, 0.3) is 0 Å². The molecule has 0 rings (SSSR count). The SMILES string of the molecule is CCCCC(CC)CCC(OCC)OCC. The minimum absolute atomic E-state index is 0.0191. The number of unbranched alkanes of at least 4 members (excludes halogenated alkanes) is 1. The number of ether oxygens (including phenoxy) is 2. The second kappa shape index (κ2) is 11.4. The summed E-state index contributed by atoms with van der Waals surface area (Å²) in [6.45, 7) is 10.1. The third-order valence-electron chi connectivity index (χ3n) is 3.06. The molecule has 0 aliphatic rings. The molecule has 0 aromatic heterocycles. The van der Waals surface area contributed by atoms with E-state index in [1.807, 2.05) is 13.8 Å². The van der Waals surface area contributed by atoms with Crippen LogP contribution < -0.4 is 0 Å². The third kappa shape index (κ3) is 8.12. The summed E-state index contributed by atoms with van der Waals surface area (Å²) in [5.74, 6) is 0.850. The van der Waals surface area contributed by atoms with Crippen LogP contribution in [0.4, 0.5) is 0 Å². The first-order valence-corrected chi connectivity index (χ1v) is 7.01. The molecule has 0 saturated heterocycles. The topological polar surface area (TPSA) is 18.5 Å². The van der Waals surface area contributed by atoms with Gasteiger partial charge in [0.2, 0.25) is 0 Å².